The van der Waals surface area contributed by atoms with Gasteiger partial charge in [0.05, 0.1) is 19.6 Å². The Bertz CT molecular complexity index is 825. The highest BCUT2D eigenvalue weighted by Crippen LogP contribution is 2.22. The first-order valence-electron chi connectivity index (χ1n) is 6.92. The van der Waals surface area contributed by atoms with Gasteiger partial charge in [-0.15, -0.1) is 0 Å². The van der Waals surface area contributed by atoms with E-state index in [0.717, 1.165) is 12.1 Å². The standard InChI is InChI=1S/C16H15F2NO4S/c1-23-16(20)10-14(11-5-3-2-4-6-11)19-24(21,22)15-9-12(17)7-8-13(15)18/h2-9,14,19H,10H2,1H3/t14-/m1/s1. The van der Waals surface area contributed by atoms with Gasteiger partial charge in [-0.1, -0.05) is 30.3 Å². The minimum Gasteiger partial charge on any atom is -0.469 e. The number of hydrogen-bond donors (Lipinski definition) is 1. The summed E-state index contributed by atoms with van der Waals surface area (Å²) < 4.78 is 58.6. The molecule has 8 heteroatoms. The van der Waals surface area contributed by atoms with Crippen LogP contribution in [0.5, 0.6) is 0 Å². The van der Waals surface area contributed by atoms with Gasteiger partial charge in [0.15, 0.2) is 0 Å². The highest BCUT2D eigenvalue weighted by atomic mass is 32.2. The van der Waals surface area contributed by atoms with Gasteiger partial charge < -0.3 is 4.74 Å². The quantitative estimate of drug-likeness (QED) is 0.809. The molecule has 24 heavy (non-hydrogen) atoms. The third-order valence-corrected chi connectivity index (χ3v) is 4.77. The minimum atomic E-state index is -4.39. The van der Waals surface area contributed by atoms with Crippen molar-refractivity contribution in [3.8, 4) is 0 Å². The van der Waals surface area contributed by atoms with E-state index in [9.17, 15) is 22.0 Å². The Morgan fingerprint density at radius 1 is 1.17 bits per heavy atom. The van der Waals surface area contributed by atoms with Crippen molar-refractivity contribution in [3.63, 3.8) is 0 Å². The van der Waals surface area contributed by atoms with Crippen LogP contribution in [0.15, 0.2) is 53.4 Å². The Balaban J connectivity index is 2.37. The lowest BCUT2D eigenvalue weighted by Crippen LogP contribution is -2.31. The Morgan fingerprint density at radius 3 is 2.46 bits per heavy atom. The van der Waals surface area contributed by atoms with Crippen LogP contribution in [-0.2, 0) is 19.6 Å². The van der Waals surface area contributed by atoms with E-state index in [1.807, 2.05) is 0 Å². The number of halogens is 2. The van der Waals surface area contributed by atoms with Gasteiger partial charge in [0.25, 0.3) is 0 Å². The molecular weight excluding hydrogens is 340 g/mol. The van der Waals surface area contributed by atoms with Crippen LogP contribution in [-0.4, -0.2) is 21.5 Å². The van der Waals surface area contributed by atoms with Crippen LogP contribution in [0, 0.1) is 11.6 Å². The summed E-state index contributed by atoms with van der Waals surface area (Å²) in [6.45, 7) is 0. The molecule has 0 heterocycles. The molecule has 5 nitrogen and oxygen atoms in total. The average Bonchev–Trinajstić information content (AvgIpc) is 2.56. The molecule has 0 aliphatic carbocycles. The van der Waals surface area contributed by atoms with Crippen LogP contribution in [0.3, 0.4) is 0 Å². The van der Waals surface area contributed by atoms with Gasteiger partial charge in [-0.3, -0.25) is 4.79 Å². The van der Waals surface area contributed by atoms with Crippen LogP contribution in [0.4, 0.5) is 8.78 Å². The Morgan fingerprint density at radius 2 is 1.83 bits per heavy atom. The Kier molecular flexibility index (Phi) is 5.63. The fourth-order valence-electron chi connectivity index (χ4n) is 2.10. The van der Waals surface area contributed by atoms with Crippen LogP contribution in [0.2, 0.25) is 0 Å². The fraction of sp³-hybridized carbons (Fsp3) is 0.188. The second-order valence-corrected chi connectivity index (χ2v) is 6.62. The van der Waals surface area contributed by atoms with Crippen LogP contribution in [0.25, 0.3) is 0 Å². The minimum absolute atomic E-state index is 0.295. The Labute approximate surface area is 138 Å². The van der Waals surface area contributed by atoms with E-state index >= 15 is 0 Å². The molecule has 0 aliphatic heterocycles. The zero-order valence-corrected chi connectivity index (χ0v) is 13.5. The van der Waals surface area contributed by atoms with Crippen LogP contribution < -0.4 is 4.72 Å². The first-order valence-corrected chi connectivity index (χ1v) is 8.41. The van der Waals surface area contributed by atoms with Gasteiger partial charge in [-0.25, -0.2) is 21.9 Å². The largest absolute Gasteiger partial charge is 0.469 e. The van der Waals surface area contributed by atoms with Gasteiger partial charge >= 0.3 is 5.97 Å². The van der Waals surface area contributed by atoms with E-state index in [4.69, 9.17) is 0 Å². The van der Waals surface area contributed by atoms with E-state index < -0.39 is 38.6 Å². The van der Waals surface area contributed by atoms with Gasteiger partial charge in [0, 0.05) is 0 Å². The van der Waals surface area contributed by atoms with Gasteiger partial charge in [0.1, 0.15) is 16.5 Å². The molecule has 0 radical (unpaired) electrons. The molecule has 0 amide bonds. The number of esters is 1. The van der Waals surface area contributed by atoms with Gasteiger partial charge in [0.2, 0.25) is 10.0 Å². The monoisotopic (exact) mass is 355 g/mol. The van der Waals surface area contributed by atoms with E-state index in [2.05, 4.69) is 9.46 Å². The second kappa shape index (κ2) is 7.50. The third kappa shape index (κ3) is 4.36. The highest BCUT2D eigenvalue weighted by Gasteiger charge is 2.26. The second-order valence-electron chi connectivity index (χ2n) is 4.94. The molecule has 0 aliphatic rings. The molecular formula is C16H15F2NO4S. The van der Waals surface area contributed by atoms with Crippen molar-refractivity contribution in [3.05, 3.63) is 65.7 Å². The van der Waals surface area contributed by atoms with Gasteiger partial charge in [-0.2, -0.15) is 0 Å². The topological polar surface area (TPSA) is 72.5 Å². The lowest BCUT2D eigenvalue weighted by atomic mass is 10.1. The highest BCUT2D eigenvalue weighted by molar-refractivity contribution is 7.89. The van der Waals surface area contributed by atoms with Crippen LogP contribution >= 0.6 is 0 Å². The zero-order valence-electron chi connectivity index (χ0n) is 12.7. The van der Waals surface area contributed by atoms with Crippen molar-refractivity contribution in [1.29, 1.82) is 0 Å². The summed E-state index contributed by atoms with van der Waals surface area (Å²) in [6.07, 6.45) is -0.295. The first kappa shape index (κ1) is 18.0. The lowest BCUT2D eigenvalue weighted by molar-refractivity contribution is -0.141. The molecule has 1 N–H and O–H groups in total. The molecule has 2 aromatic rings. The van der Waals surface area contributed by atoms with E-state index in [0.29, 0.717) is 11.6 Å². The number of nitrogens with one attached hydrogen (secondary N) is 1. The number of benzene rings is 2. The van der Waals surface area contributed by atoms with E-state index in [-0.39, 0.29) is 6.42 Å². The molecule has 0 aromatic heterocycles. The third-order valence-electron chi connectivity index (χ3n) is 3.28. The molecule has 0 bridgehead atoms. The van der Waals surface area contributed by atoms with Crippen LogP contribution in [0.1, 0.15) is 18.0 Å². The van der Waals surface area contributed by atoms with Crippen molar-refractivity contribution >= 4 is 16.0 Å². The summed E-state index contributed by atoms with van der Waals surface area (Å²) in [5, 5.41) is 0. The average molecular weight is 355 g/mol. The number of rotatable bonds is 6. The SMILES string of the molecule is COC(=O)C[C@@H](NS(=O)(=O)c1cc(F)ccc1F)c1ccccc1. The smallest absolute Gasteiger partial charge is 0.307 e. The van der Waals surface area contributed by atoms with Crippen molar-refractivity contribution < 1.29 is 26.7 Å². The molecule has 0 saturated heterocycles. The summed E-state index contributed by atoms with van der Waals surface area (Å²) in [5.41, 5.74) is 0.489. The fourth-order valence-corrected chi connectivity index (χ4v) is 3.41. The van der Waals surface area contributed by atoms with Gasteiger partial charge in [-0.05, 0) is 23.8 Å². The molecule has 0 saturated carbocycles. The summed E-state index contributed by atoms with van der Waals surface area (Å²) in [5.74, 6) is -2.62. The summed E-state index contributed by atoms with van der Waals surface area (Å²) >= 11 is 0. The Hall–Kier alpha value is -2.32. The summed E-state index contributed by atoms with van der Waals surface area (Å²) in [6, 6.07) is 9.41. The molecule has 0 spiro atoms. The first-order chi connectivity index (χ1) is 11.3. The molecule has 1 atom stereocenters. The van der Waals surface area contributed by atoms with Crippen molar-refractivity contribution in [2.75, 3.05) is 7.11 Å². The molecule has 2 aromatic carbocycles. The van der Waals surface area contributed by atoms with E-state index in [1.165, 1.54) is 7.11 Å². The number of sulfonamides is 1. The number of carbonyl (C=O) groups is 1. The van der Waals surface area contributed by atoms with Crippen molar-refractivity contribution in [2.45, 2.75) is 17.4 Å². The predicted molar refractivity (Wildman–Crippen MR) is 82.5 cm³/mol. The number of hydrogen-bond acceptors (Lipinski definition) is 4. The summed E-state index contributed by atoms with van der Waals surface area (Å²) in [4.78, 5) is 10.7. The summed E-state index contributed by atoms with van der Waals surface area (Å²) in [7, 11) is -3.22. The molecule has 128 valence electrons. The normalized spacial score (nSPS) is 12.6. The number of ether oxygens (including phenoxy) is 1. The number of carbonyl (C=O) groups excluding carboxylic acids is 1. The zero-order chi connectivity index (χ0) is 17.7. The molecule has 0 fully saturated rings. The van der Waals surface area contributed by atoms with Crippen molar-refractivity contribution in [1.82, 2.24) is 4.72 Å². The maximum absolute atomic E-state index is 13.8. The molecule has 0 unspecified atom stereocenters. The predicted octanol–water partition coefficient (Wildman–Crippen LogP) is 2.55. The number of methoxy groups -OCH3 is 1. The van der Waals surface area contributed by atoms with Crippen molar-refractivity contribution in [2.24, 2.45) is 0 Å². The van der Waals surface area contributed by atoms with E-state index in [1.54, 1.807) is 30.3 Å². The maximum Gasteiger partial charge on any atom is 0.307 e. The lowest BCUT2D eigenvalue weighted by Gasteiger charge is -2.18. The molecule has 2 rings (SSSR count). The maximum atomic E-state index is 13.8.